The van der Waals surface area contributed by atoms with E-state index in [2.05, 4.69) is 20.4 Å². The average Bonchev–Trinajstić information content (AvgIpc) is 3.09. The molecule has 1 fully saturated rings. The topological polar surface area (TPSA) is 63.2 Å². The summed E-state index contributed by atoms with van der Waals surface area (Å²) in [6.45, 7) is -0.867. The van der Waals surface area contributed by atoms with Gasteiger partial charge in [-0.3, -0.25) is 4.79 Å². The zero-order valence-corrected chi connectivity index (χ0v) is 15.0. The van der Waals surface area contributed by atoms with Gasteiger partial charge in [0.2, 0.25) is 5.91 Å². The SMILES string of the molecule is O=C(CCC1CCNCC1)Nc1nc(-c2ccccc2OC(F)F)cs1. The van der Waals surface area contributed by atoms with Crippen LogP contribution in [0.2, 0.25) is 0 Å². The van der Waals surface area contributed by atoms with Crippen LogP contribution in [0.4, 0.5) is 13.9 Å². The Labute approximate surface area is 154 Å². The highest BCUT2D eigenvalue weighted by Gasteiger charge is 2.16. The van der Waals surface area contributed by atoms with Crippen LogP contribution in [0, 0.1) is 5.92 Å². The summed E-state index contributed by atoms with van der Waals surface area (Å²) in [6, 6.07) is 6.48. The van der Waals surface area contributed by atoms with Crippen LogP contribution in [0.25, 0.3) is 11.3 Å². The van der Waals surface area contributed by atoms with Crippen molar-refractivity contribution < 1.29 is 18.3 Å². The molecule has 0 radical (unpaired) electrons. The molecule has 0 atom stereocenters. The summed E-state index contributed by atoms with van der Waals surface area (Å²) >= 11 is 1.27. The molecule has 0 bridgehead atoms. The van der Waals surface area contributed by atoms with Crippen molar-refractivity contribution in [1.29, 1.82) is 0 Å². The number of benzene rings is 1. The molecule has 140 valence electrons. The number of aromatic nitrogens is 1. The van der Waals surface area contributed by atoms with Gasteiger partial charge in [0.05, 0.1) is 5.69 Å². The van der Waals surface area contributed by atoms with Crippen molar-refractivity contribution in [2.45, 2.75) is 32.3 Å². The predicted molar refractivity (Wildman–Crippen MR) is 97.6 cm³/mol. The molecule has 26 heavy (non-hydrogen) atoms. The number of para-hydroxylation sites is 1. The van der Waals surface area contributed by atoms with Crippen molar-refractivity contribution in [3.05, 3.63) is 29.6 Å². The maximum absolute atomic E-state index is 12.5. The number of piperidine rings is 1. The number of halogens is 2. The minimum absolute atomic E-state index is 0.0663. The third-order valence-corrected chi connectivity index (χ3v) is 5.13. The molecule has 3 rings (SSSR count). The van der Waals surface area contributed by atoms with E-state index in [1.54, 1.807) is 23.6 Å². The lowest BCUT2D eigenvalue weighted by Crippen LogP contribution is -2.28. The Hall–Kier alpha value is -2.06. The first-order valence-corrected chi connectivity index (χ1v) is 9.50. The van der Waals surface area contributed by atoms with Gasteiger partial charge in [-0.05, 0) is 50.4 Å². The van der Waals surface area contributed by atoms with E-state index in [-0.39, 0.29) is 11.7 Å². The van der Waals surface area contributed by atoms with Crippen molar-refractivity contribution in [3.63, 3.8) is 0 Å². The van der Waals surface area contributed by atoms with Gasteiger partial charge >= 0.3 is 6.61 Å². The summed E-state index contributed by atoms with van der Waals surface area (Å²) < 4.78 is 29.6. The summed E-state index contributed by atoms with van der Waals surface area (Å²) in [7, 11) is 0. The largest absolute Gasteiger partial charge is 0.434 e. The Kier molecular flexibility index (Phi) is 6.51. The lowest BCUT2D eigenvalue weighted by molar-refractivity contribution is -0.116. The minimum Gasteiger partial charge on any atom is -0.434 e. The third kappa shape index (κ3) is 5.22. The van der Waals surface area contributed by atoms with E-state index in [1.807, 2.05) is 0 Å². The Morgan fingerprint density at radius 3 is 2.88 bits per heavy atom. The van der Waals surface area contributed by atoms with Gasteiger partial charge in [0.25, 0.3) is 0 Å². The molecule has 5 nitrogen and oxygen atoms in total. The number of ether oxygens (including phenoxy) is 1. The van der Waals surface area contributed by atoms with Crippen molar-refractivity contribution in [2.75, 3.05) is 18.4 Å². The zero-order chi connectivity index (χ0) is 18.4. The van der Waals surface area contributed by atoms with Crippen molar-refractivity contribution in [3.8, 4) is 17.0 Å². The van der Waals surface area contributed by atoms with E-state index in [9.17, 15) is 13.6 Å². The van der Waals surface area contributed by atoms with E-state index >= 15 is 0 Å². The smallest absolute Gasteiger partial charge is 0.387 e. The maximum atomic E-state index is 12.5. The number of nitrogens with zero attached hydrogens (tertiary/aromatic N) is 1. The van der Waals surface area contributed by atoms with Gasteiger partial charge in [-0.2, -0.15) is 8.78 Å². The first kappa shape index (κ1) is 18.7. The molecule has 2 heterocycles. The molecular formula is C18H21F2N3O2S. The fourth-order valence-electron chi connectivity index (χ4n) is 3.02. The molecule has 8 heteroatoms. The summed E-state index contributed by atoms with van der Waals surface area (Å²) in [5.41, 5.74) is 0.971. The molecule has 1 aromatic carbocycles. The monoisotopic (exact) mass is 381 g/mol. The first-order valence-electron chi connectivity index (χ1n) is 8.62. The number of hydrogen-bond acceptors (Lipinski definition) is 5. The summed E-state index contributed by atoms with van der Waals surface area (Å²) in [6.07, 6.45) is 3.55. The summed E-state index contributed by atoms with van der Waals surface area (Å²) in [5.74, 6) is 0.588. The molecule has 1 aliphatic rings. The number of carbonyl (C=O) groups excluding carboxylic acids is 1. The van der Waals surface area contributed by atoms with Crippen LogP contribution in [-0.4, -0.2) is 30.6 Å². The van der Waals surface area contributed by atoms with Gasteiger partial charge in [-0.15, -0.1) is 11.3 Å². The minimum atomic E-state index is -2.90. The molecule has 1 amide bonds. The second kappa shape index (κ2) is 9.05. The molecule has 2 aromatic rings. The lowest BCUT2D eigenvalue weighted by Gasteiger charge is -2.21. The van der Waals surface area contributed by atoms with Gasteiger partial charge in [-0.25, -0.2) is 4.98 Å². The lowest BCUT2D eigenvalue weighted by atomic mass is 9.93. The quantitative estimate of drug-likeness (QED) is 0.757. The van der Waals surface area contributed by atoms with Crippen LogP contribution in [-0.2, 0) is 4.79 Å². The molecule has 0 saturated carbocycles. The van der Waals surface area contributed by atoms with Gasteiger partial charge in [0.15, 0.2) is 5.13 Å². The molecule has 0 spiro atoms. The van der Waals surface area contributed by atoms with E-state index < -0.39 is 6.61 Å². The third-order valence-electron chi connectivity index (χ3n) is 4.37. The van der Waals surface area contributed by atoms with Crippen molar-refractivity contribution in [1.82, 2.24) is 10.3 Å². The highest BCUT2D eigenvalue weighted by molar-refractivity contribution is 7.14. The Bertz CT molecular complexity index is 733. The molecule has 1 aliphatic heterocycles. The Morgan fingerprint density at radius 2 is 2.12 bits per heavy atom. The summed E-state index contributed by atoms with van der Waals surface area (Å²) in [5, 5.41) is 8.29. The number of amides is 1. The van der Waals surface area contributed by atoms with E-state index in [0.717, 1.165) is 32.4 Å². The van der Waals surface area contributed by atoms with Gasteiger partial charge in [0, 0.05) is 17.4 Å². The molecular weight excluding hydrogens is 360 g/mol. The fourth-order valence-corrected chi connectivity index (χ4v) is 3.75. The van der Waals surface area contributed by atoms with Crippen LogP contribution >= 0.6 is 11.3 Å². The number of rotatable bonds is 7. The molecule has 0 aliphatic carbocycles. The highest BCUT2D eigenvalue weighted by Crippen LogP contribution is 2.33. The van der Waals surface area contributed by atoms with Gasteiger partial charge in [0.1, 0.15) is 5.75 Å². The number of thiazole rings is 1. The zero-order valence-electron chi connectivity index (χ0n) is 14.2. The molecule has 1 aromatic heterocycles. The first-order chi connectivity index (χ1) is 12.6. The number of hydrogen-bond donors (Lipinski definition) is 2. The van der Waals surface area contributed by atoms with E-state index in [1.165, 1.54) is 17.4 Å². The molecule has 2 N–H and O–H groups in total. The molecule has 1 saturated heterocycles. The number of anilines is 1. The predicted octanol–water partition coefficient (Wildman–Crippen LogP) is 4.13. The van der Waals surface area contributed by atoms with Crippen LogP contribution in [0.1, 0.15) is 25.7 Å². The van der Waals surface area contributed by atoms with Crippen LogP contribution in [0.5, 0.6) is 5.75 Å². The van der Waals surface area contributed by atoms with Crippen LogP contribution in [0.15, 0.2) is 29.6 Å². The van der Waals surface area contributed by atoms with Gasteiger partial charge in [-0.1, -0.05) is 12.1 Å². The van der Waals surface area contributed by atoms with E-state index in [0.29, 0.717) is 28.7 Å². The van der Waals surface area contributed by atoms with Gasteiger partial charge < -0.3 is 15.4 Å². The Balaban J connectivity index is 1.58. The second-order valence-corrected chi connectivity index (χ2v) is 7.05. The summed E-state index contributed by atoms with van der Waals surface area (Å²) in [4.78, 5) is 16.5. The molecule has 0 unspecified atom stereocenters. The van der Waals surface area contributed by atoms with Crippen LogP contribution < -0.4 is 15.4 Å². The normalized spacial score (nSPS) is 15.2. The fraction of sp³-hybridized carbons (Fsp3) is 0.444. The average molecular weight is 381 g/mol. The highest BCUT2D eigenvalue weighted by atomic mass is 32.1. The number of carbonyl (C=O) groups is 1. The standard InChI is InChI=1S/C18H21F2N3O2S/c19-17(20)25-15-4-2-1-3-13(15)14-11-26-18(22-14)23-16(24)6-5-12-7-9-21-10-8-12/h1-4,11-12,17,21H,5-10H2,(H,22,23,24). The maximum Gasteiger partial charge on any atom is 0.387 e. The van der Waals surface area contributed by atoms with Crippen LogP contribution in [0.3, 0.4) is 0 Å². The van der Waals surface area contributed by atoms with E-state index in [4.69, 9.17) is 0 Å². The number of alkyl halides is 2. The Morgan fingerprint density at radius 1 is 1.35 bits per heavy atom. The number of nitrogens with one attached hydrogen (secondary N) is 2. The van der Waals surface area contributed by atoms with Crippen molar-refractivity contribution >= 4 is 22.4 Å². The second-order valence-electron chi connectivity index (χ2n) is 6.19. The van der Waals surface area contributed by atoms with Crippen molar-refractivity contribution in [2.24, 2.45) is 5.92 Å².